The van der Waals surface area contributed by atoms with Crippen molar-refractivity contribution in [1.29, 1.82) is 0 Å². The van der Waals surface area contributed by atoms with Crippen molar-refractivity contribution in [2.75, 3.05) is 7.11 Å². The number of carbonyl (C=O) groups excluding carboxylic acids is 1. The summed E-state index contributed by atoms with van der Waals surface area (Å²) in [6, 6.07) is 7.85. The monoisotopic (exact) mass is 319 g/mol. The Hall–Kier alpha value is -2.21. The third-order valence-electron chi connectivity index (χ3n) is 3.22. The maximum absolute atomic E-state index is 12.6. The number of nitrogens with zero attached hydrogens (tertiary/aromatic N) is 1. The van der Waals surface area contributed by atoms with Gasteiger partial charge in [-0.3, -0.25) is 9.78 Å². The van der Waals surface area contributed by atoms with Crippen LogP contribution in [0.1, 0.15) is 29.3 Å². The van der Waals surface area contributed by atoms with Gasteiger partial charge in [0.25, 0.3) is 0 Å². The Kier molecular flexibility index (Phi) is 4.92. The molecule has 0 bridgehead atoms. The van der Waals surface area contributed by atoms with E-state index in [1.54, 1.807) is 31.3 Å². The summed E-state index contributed by atoms with van der Waals surface area (Å²) in [4.78, 5) is 15.7. The lowest BCUT2D eigenvalue weighted by Crippen LogP contribution is -2.09. The number of methoxy groups -OCH3 is 1. The fraction of sp³-hybridized carbons (Fsp3) is 0.250. The summed E-state index contributed by atoms with van der Waals surface area (Å²) in [5.41, 5.74) is 0.949. The molecule has 0 saturated heterocycles. The molecular weight excluding hydrogens is 302 g/mol. The van der Waals surface area contributed by atoms with Gasteiger partial charge >= 0.3 is 0 Å². The van der Waals surface area contributed by atoms with Crippen LogP contribution >= 0.6 is 0 Å². The number of aromatic nitrogens is 1. The highest BCUT2D eigenvalue weighted by atomic mass is 32.2. The van der Waals surface area contributed by atoms with E-state index in [0.29, 0.717) is 17.5 Å². The molecule has 0 aliphatic carbocycles. The summed E-state index contributed by atoms with van der Waals surface area (Å²) in [6.45, 7) is 1.73. The molecule has 0 N–H and O–H groups in total. The molecule has 0 atom stereocenters. The van der Waals surface area contributed by atoms with Crippen molar-refractivity contribution in [2.24, 2.45) is 0 Å². The lowest BCUT2D eigenvalue weighted by Gasteiger charge is -2.11. The molecule has 22 heavy (non-hydrogen) atoms. The Bertz CT molecular complexity index is 770. The molecule has 5 nitrogen and oxygen atoms in total. The summed E-state index contributed by atoms with van der Waals surface area (Å²) in [5, 5.41) is 0. The number of hydrogen-bond donors (Lipinski definition) is 0. The molecule has 2 aromatic rings. The number of hydrogen-bond acceptors (Lipinski definition) is 5. The summed E-state index contributed by atoms with van der Waals surface area (Å²) < 4.78 is 30.4. The lowest BCUT2D eigenvalue weighted by molar-refractivity contribution is 0.0988. The third kappa shape index (κ3) is 3.51. The molecule has 1 aromatic heterocycles. The second kappa shape index (κ2) is 6.70. The van der Waals surface area contributed by atoms with Gasteiger partial charge in [0, 0.05) is 24.4 Å². The fourth-order valence-electron chi connectivity index (χ4n) is 2.08. The molecule has 0 radical (unpaired) electrons. The van der Waals surface area contributed by atoms with E-state index in [0.717, 1.165) is 0 Å². The van der Waals surface area contributed by atoms with Crippen molar-refractivity contribution in [3.8, 4) is 5.75 Å². The topological polar surface area (TPSA) is 73.3 Å². The van der Waals surface area contributed by atoms with Gasteiger partial charge in [0.15, 0.2) is 15.6 Å². The van der Waals surface area contributed by atoms with Crippen LogP contribution in [0.3, 0.4) is 0 Å². The molecule has 0 spiro atoms. The van der Waals surface area contributed by atoms with Crippen LogP contribution < -0.4 is 4.74 Å². The SMILES string of the molecule is CCC(=O)c1ccc(OC)c(S(=O)(=O)Cc2cccnc2)c1. The first-order chi connectivity index (χ1) is 10.5. The standard InChI is InChI=1S/C16H17NO4S/c1-3-14(18)13-6-7-15(21-2)16(9-13)22(19,20)11-12-5-4-8-17-10-12/h4-10H,3,11H2,1-2H3. The van der Waals surface area contributed by atoms with Gasteiger partial charge < -0.3 is 4.74 Å². The first kappa shape index (κ1) is 16.2. The predicted molar refractivity (Wildman–Crippen MR) is 82.7 cm³/mol. The normalized spacial score (nSPS) is 11.2. The Balaban J connectivity index is 2.46. The average molecular weight is 319 g/mol. The Morgan fingerprint density at radius 1 is 1.27 bits per heavy atom. The van der Waals surface area contributed by atoms with Crippen LogP contribution in [0.5, 0.6) is 5.75 Å². The molecule has 0 unspecified atom stereocenters. The number of pyridine rings is 1. The van der Waals surface area contributed by atoms with Crippen molar-refractivity contribution in [2.45, 2.75) is 24.0 Å². The molecule has 0 saturated carbocycles. The van der Waals surface area contributed by atoms with Crippen LogP contribution in [0.4, 0.5) is 0 Å². The van der Waals surface area contributed by atoms with Gasteiger partial charge in [0.05, 0.1) is 12.9 Å². The number of benzene rings is 1. The van der Waals surface area contributed by atoms with Crippen LogP contribution in [-0.4, -0.2) is 26.3 Å². The van der Waals surface area contributed by atoms with Crippen LogP contribution in [0.25, 0.3) is 0 Å². The Labute approximate surface area is 129 Å². The highest BCUT2D eigenvalue weighted by Gasteiger charge is 2.22. The summed E-state index contributed by atoms with van der Waals surface area (Å²) in [6.07, 6.45) is 3.40. The van der Waals surface area contributed by atoms with Gasteiger partial charge in [-0.1, -0.05) is 13.0 Å². The molecule has 0 aliphatic heterocycles. The van der Waals surface area contributed by atoms with E-state index in [1.807, 2.05) is 0 Å². The summed E-state index contributed by atoms with van der Waals surface area (Å²) in [5.74, 6) is -0.0712. The predicted octanol–water partition coefficient (Wildman–Crippen LogP) is 2.66. The van der Waals surface area contributed by atoms with Crippen LogP contribution in [-0.2, 0) is 15.6 Å². The molecule has 0 fully saturated rings. The highest BCUT2D eigenvalue weighted by Crippen LogP contribution is 2.28. The van der Waals surface area contributed by atoms with Gasteiger partial charge in [-0.15, -0.1) is 0 Å². The zero-order valence-electron chi connectivity index (χ0n) is 12.4. The zero-order chi connectivity index (χ0) is 16.2. The Morgan fingerprint density at radius 3 is 2.64 bits per heavy atom. The molecular formula is C16H17NO4S. The van der Waals surface area contributed by atoms with Gasteiger partial charge in [-0.05, 0) is 29.8 Å². The van der Waals surface area contributed by atoms with Crippen molar-refractivity contribution in [3.63, 3.8) is 0 Å². The smallest absolute Gasteiger partial charge is 0.186 e. The quantitative estimate of drug-likeness (QED) is 0.765. The maximum atomic E-state index is 12.6. The van der Waals surface area contributed by atoms with Crippen molar-refractivity contribution in [3.05, 3.63) is 53.9 Å². The number of sulfone groups is 1. The van der Waals surface area contributed by atoms with E-state index >= 15 is 0 Å². The number of carbonyl (C=O) groups is 1. The zero-order valence-corrected chi connectivity index (χ0v) is 13.3. The van der Waals surface area contributed by atoms with Crippen molar-refractivity contribution >= 4 is 15.6 Å². The van der Waals surface area contributed by atoms with E-state index in [2.05, 4.69) is 4.98 Å². The van der Waals surface area contributed by atoms with Gasteiger partial charge in [-0.2, -0.15) is 0 Å². The second-order valence-electron chi connectivity index (χ2n) is 4.76. The molecule has 1 aromatic carbocycles. The van der Waals surface area contributed by atoms with E-state index in [1.165, 1.54) is 25.4 Å². The molecule has 2 rings (SSSR count). The third-order valence-corrected chi connectivity index (χ3v) is 4.92. The molecule has 0 aliphatic rings. The summed E-state index contributed by atoms with van der Waals surface area (Å²) in [7, 11) is -2.24. The molecule has 116 valence electrons. The minimum atomic E-state index is -3.64. The largest absolute Gasteiger partial charge is 0.495 e. The number of ketones is 1. The van der Waals surface area contributed by atoms with Gasteiger partial charge in [0.1, 0.15) is 10.6 Å². The number of Topliss-reactive ketones (excluding diaryl/α,β-unsaturated/α-hetero) is 1. The minimum Gasteiger partial charge on any atom is -0.495 e. The molecule has 0 amide bonds. The summed E-state index contributed by atoms with van der Waals surface area (Å²) >= 11 is 0. The first-order valence-electron chi connectivity index (χ1n) is 6.81. The second-order valence-corrected chi connectivity index (χ2v) is 6.72. The molecule has 6 heteroatoms. The number of rotatable bonds is 6. The maximum Gasteiger partial charge on any atom is 0.186 e. The van der Waals surface area contributed by atoms with E-state index < -0.39 is 9.84 Å². The minimum absolute atomic E-state index is 0.0261. The van der Waals surface area contributed by atoms with Crippen molar-refractivity contribution in [1.82, 2.24) is 4.98 Å². The first-order valence-corrected chi connectivity index (χ1v) is 8.46. The van der Waals surface area contributed by atoms with E-state index in [4.69, 9.17) is 4.74 Å². The van der Waals surface area contributed by atoms with E-state index in [-0.39, 0.29) is 22.2 Å². The van der Waals surface area contributed by atoms with Gasteiger partial charge in [-0.25, -0.2) is 8.42 Å². The molecule has 1 heterocycles. The van der Waals surface area contributed by atoms with Crippen LogP contribution in [0, 0.1) is 0 Å². The highest BCUT2D eigenvalue weighted by molar-refractivity contribution is 7.90. The van der Waals surface area contributed by atoms with Gasteiger partial charge in [0.2, 0.25) is 0 Å². The lowest BCUT2D eigenvalue weighted by atomic mass is 10.1. The van der Waals surface area contributed by atoms with Crippen LogP contribution in [0.15, 0.2) is 47.6 Å². The van der Waals surface area contributed by atoms with E-state index in [9.17, 15) is 13.2 Å². The van der Waals surface area contributed by atoms with Crippen LogP contribution in [0.2, 0.25) is 0 Å². The fourth-order valence-corrected chi connectivity index (χ4v) is 3.61. The van der Waals surface area contributed by atoms with Crippen molar-refractivity contribution < 1.29 is 17.9 Å². The number of ether oxygens (including phenoxy) is 1. The Morgan fingerprint density at radius 2 is 2.05 bits per heavy atom. The average Bonchev–Trinajstić information content (AvgIpc) is 2.54.